The van der Waals surface area contributed by atoms with Gasteiger partial charge in [-0.2, -0.15) is 0 Å². The van der Waals surface area contributed by atoms with E-state index in [1.165, 1.54) is 11.0 Å². The van der Waals surface area contributed by atoms with E-state index in [0.29, 0.717) is 22.6 Å². The van der Waals surface area contributed by atoms with Gasteiger partial charge in [-0.25, -0.2) is 0 Å². The van der Waals surface area contributed by atoms with Gasteiger partial charge >= 0.3 is 0 Å². The first kappa shape index (κ1) is 22.2. The second kappa shape index (κ2) is 9.92. The van der Waals surface area contributed by atoms with Gasteiger partial charge in [0, 0.05) is 25.2 Å². The van der Waals surface area contributed by atoms with E-state index in [1.54, 1.807) is 44.4 Å². The number of ketones is 1. The number of carbonyl (C=O) groups is 2. The average molecular weight is 395 g/mol. The van der Waals surface area contributed by atoms with Crippen LogP contribution in [0.1, 0.15) is 54.0 Å². The maximum Gasteiger partial charge on any atom is 0.253 e. The molecule has 154 valence electrons. The third-order valence-corrected chi connectivity index (χ3v) is 3.98. The normalized spacial score (nSPS) is 11.2. The van der Waals surface area contributed by atoms with Crippen LogP contribution in [0.2, 0.25) is 0 Å². The van der Waals surface area contributed by atoms with Crippen LogP contribution in [0.15, 0.2) is 48.5 Å². The van der Waals surface area contributed by atoms with E-state index in [1.807, 2.05) is 45.9 Å². The predicted octanol–water partition coefficient (Wildman–Crippen LogP) is 4.86. The number of ether oxygens (including phenoxy) is 2. The summed E-state index contributed by atoms with van der Waals surface area (Å²) in [5.41, 5.74) is 1.77. The lowest BCUT2D eigenvalue weighted by molar-refractivity contribution is 0.0827. The fourth-order valence-electron chi connectivity index (χ4n) is 2.69. The summed E-state index contributed by atoms with van der Waals surface area (Å²) in [5.74, 6) is 1.06. The smallest absolute Gasteiger partial charge is 0.253 e. The molecule has 0 fully saturated rings. The fraction of sp³-hybridized carbons (Fsp3) is 0.333. The zero-order valence-corrected chi connectivity index (χ0v) is 17.9. The molecule has 29 heavy (non-hydrogen) atoms. The van der Waals surface area contributed by atoms with Crippen molar-refractivity contribution in [3.8, 4) is 11.5 Å². The summed E-state index contributed by atoms with van der Waals surface area (Å²) in [6.45, 7) is 7.80. The minimum atomic E-state index is -0.163. The monoisotopic (exact) mass is 395 g/mol. The number of nitrogens with zero attached hydrogens (tertiary/aromatic N) is 1. The minimum Gasteiger partial charge on any atom is -0.490 e. The first-order chi connectivity index (χ1) is 13.7. The van der Waals surface area contributed by atoms with E-state index in [2.05, 4.69) is 0 Å². The molecule has 2 aromatic carbocycles. The lowest BCUT2D eigenvalue weighted by Gasteiger charge is -2.17. The molecule has 0 N–H and O–H groups in total. The molecule has 0 saturated heterocycles. The molecule has 2 aromatic rings. The van der Waals surface area contributed by atoms with E-state index in [0.717, 1.165) is 5.56 Å². The lowest BCUT2D eigenvalue weighted by atomic mass is 10.1. The molecule has 2 rings (SSSR count). The van der Waals surface area contributed by atoms with Gasteiger partial charge in [-0.1, -0.05) is 18.2 Å². The van der Waals surface area contributed by atoms with E-state index in [-0.39, 0.29) is 23.9 Å². The van der Waals surface area contributed by atoms with Crippen LogP contribution in [0.3, 0.4) is 0 Å². The Balaban J connectivity index is 2.29. The van der Waals surface area contributed by atoms with Crippen molar-refractivity contribution in [3.63, 3.8) is 0 Å². The van der Waals surface area contributed by atoms with E-state index < -0.39 is 0 Å². The third kappa shape index (κ3) is 6.21. The fourth-order valence-corrected chi connectivity index (χ4v) is 2.69. The van der Waals surface area contributed by atoms with Crippen LogP contribution in [0.25, 0.3) is 6.08 Å². The quantitative estimate of drug-likeness (QED) is 0.473. The summed E-state index contributed by atoms with van der Waals surface area (Å²) >= 11 is 0. The maximum absolute atomic E-state index is 12.6. The van der Waals surface area contributed by atoms with Gasteiger partial charge < -0.3 is 14.4 Å². The molecule has 5 nitrogen and oxygen atoms in total. The first-order valence-electron chi connectivity index (χ1n) is 9.69. The summed E-state index contributed by atoms with van der Waals surface area (Å²) in [4.78, 5) is 26.1. The van der Waals surface area contributed by atoms with Gasteiger partial charge in [-0.3, -0.25) is 9.59 Å². The molecule has 0 bridgehead atoms. The Kier molecular flexibility index (Phi) is 7.59. The second-order valence-electron chi connectivity index (χ2n) is 7.48. The van der Waals surface area contributed by atoms with Crippen LogP contribution in [-0.2, 0) is 0 Å². The third-order valence-electron chi connectivity index (χ3n) is 3.98. The molecular weight excluding hydrogens is 366 g/mol. The number of rotatable bonds is 8. The van der Waals surface area contributed by atoms with Crippen LogP contribution in [-0.4, -0.2) is 42.9 Å². The molecule has 0 spiro atoms. The van der Waals surface area contributed by atoms with Crippen molar-refractivity contribution in [2.45, 2.75) is 39.9 Å². The van der Waals surface area contributed by atoms with E-state index >= 15 is 0 Å². The Labute approximate surface area is 172 Å². The zero-order valence-electron chi connectivity index (χ0n) is 17.9. The van der Waals surface area contributed by atoms with Gasteiger partial charge in [0.2, 0.25) is 0 Å². The van der Waals surface area contributed by atoms with Crippen molar-refractivity contribution in [2.24, 2.45) is 0 Å². The largest absolute Gasteiger partial charge is 0.490 e. The molecule has 0 aliphatic heterocycles. The second-order valence-corrected chi connectivity index (χ2v) is 7.48. The summed E-state index contributed by atoms with van der Waals surface area (Å²) in [5, 5.41) is 0. The number of benzene rings is 2. The van der Waals surface area contributed by atoms with Crippen LogP contribution in [0.4, 0.5) is 0 Å². The molecule has 0 heterocycles. The minimum absolute atomic E-state index is 0.00562. The van der Waals surface area contributed by atoms with Crippen molar-refractivity contribution in [1.29, 1.82) is 0 Å². The van der Waals surface area contributed by atoms with Gasteiger partial charge in [0.25, 0.3) is 5.91 Å². The van der Waals surface area contributed by atoms with Crippen molar-refractivity contribution in [2.75, 3.05) is 14.1 Å². The van der Waals surface area contributed by atoms with Crippen molar-refractivity contribution >= 4 is 17.8 Å². The Morgan fingerprint density at radius 3 is 1.76 bits per heavy atom. The van der Waals surface area contributed by atoms with Crippen LogP contribution in [0.5, 0.6) is 11.5 Å². The van der Waals surface area contributed by atoms with Crippen LogP contribution in [0, 0.1) is 0 Å². The van der Waals surface area contributed by atoms with Gasteiger partial charge in [-0.15, -0.1) is 0 Å². The van der Waals surface area contributed by atoms with Crippen LogP contribution < -0.4 is 9.47 Å². The molecular formula is C24H29NO4. The van der Waals surface area contributed by atoms with Gasteiger partial charge in [-0.05, 0) is 64.1 Å². The topological polar surface area (TPSA) is 55.8 Å². The Bertz CT molecular complexity index is 852. The van der Waals surface area contributed by atoms with Crippen molar-refractivity contribution in [3.05, 3.63) is 65.2 Å². The summed E-state index contributed by atoms with van der Waals surface area (Å²) in [6.07, 6.45) is 3.21. The van der Waals surface area contributed by atoms with Crippen molar-refractivity contribution in [1.82, 2.24) is 4.90 Å². The highest BCUT2D eigenvalue weighted by atomic mass is 16.5. The van der Waals surface area contributed by atoms with E-state index in [9.17, 15) is 9.59 Å². The molecule has 0 saturated carbocycles. The molecule has 5 heteroatoms. The number of allylic oxidation sites excluding steroid dienone is 1. The number of carbonyl (C=O) groups excluding carboxylic acids is 2. The molecule has 0 unspecified atom stereocenters. The Morgan fingerprint density at radius 2 is 1.31 bits per heavy atom. The highest BCUT2D eigenvalue weighted by molar-refractivity contribution is 6.07. The van der Waals surface area contributed by atoms with Gasteiger partial charge in [0.15, 0.2) is 5.78 Å². The summed E-state index contributed by atoms with van der Waals surface area (Å²) in [6, 6.07) is 12.2. The molecule has 0 atom stereocenters. The highest BCUT2D eigenvalue weighted by Crippen LogP contribution is 2.31. The Hall–Kier alpha value is -3.08. The molecule has 0 aliphatic carbocycles. The molecule has 0 radical (unpaired) electrons. The van der Waals surface area contributed by atoms with Crippen LogP contribution >= 0.6 is 0 Å². The molecule has 1 amide bonds. The highest BCUT2D eigenvalue weighted by Gasteiger charge is 2.13. The first-order valence-corrected chi connectivity index (χ1v) is 9.69. The average Bonchev–Trinajstić information content (AvgIpc) is 2.65. The number of hydrogen-bond donors (Lipinski definition) is 0. The lowest BCUT2D eigenvalue weighted by Crippen LogP contribution is -2.21. The standard InChI is InChI=1S/C24H29NO4/c1-16(2)28-22-8-7-9-23(29-17(3)4)20(22)14-15-21(26)18-10-12-19(13-11-18)24(27)25(5)6/h7-17H,1-6H3/b15-14+. The summed E-state index contributed by atoms with van der Waals surface area (Å²) in [7, 11) is 3.38. The van der Waals surface area contributed by atoms with Gasteiger partial charge in [0.05, 0.1) is 17.8 Å². The summed E-state index contributed by atoms with van der Waals surface area (Å²) < 4.78 is 11.8. The Morgan fingerprint density at radius 1 is 0.828 bits per heavy atom. The maximum atomic E-state index is 12.6. The zero-order chi connectivity index (χ0) is 21.6. The SMILES string of the molecule is CC(C)Oc1cccc(OC(C)C)c1/C=C/C(=O)c1ccc(C(=O)N(C)C)cc1. The number of amides is 1. The van der Waals surface area contributed by atoms with E-state index in [4.69, 9.17) is 9.47 Å². The van der Waals surface area contributed by atoms with Gasteiger partial charge in [0.1, 0.15) is 11.5 Å². The molecule has 0 aliphatic rings. The predicted molar refractivity (Wildman–Crippen MR) is 116 cm³/mol. The molecule has 0 aromatic heterocycles. The van der Waals surface area contributed by atoms with Crippen molar-refractivity contribution < 1.29 is 19.1 Å². The number of hydrogen-bond acceptors (Lipinski definition) is 4.